The van der Waals surface area contributed by atoms with Crippen LogP contribution in [-0.4, -0.2) is 64.7 Å². The van der Waals surface area contributed by atoms with Gasteiger partial charge in [0.05, 0.1) is 12.0 Å². The number of ether oxygens (including phenoxy) is 1. The Morgan fingerprint density at radius 2 is 1.49 bits per heavy atom. The van der Waals surface area contributed by atoms with Gasteiger partial charge in [0, 0.05) is 31.4 Å². The molecule has 8 heteroatoms. The van der Waals surface area contributed by atoms with Crippen LogP contribution >= 0.6 is 0 Å². The lowest BCUT2D eigenvalue weighted by Gasteiger charge is -2.37. The molecule has 0 bridgehead atoms. The highest BCUT2D eigenvalue weighted by atomic mass is 16.6. The van der Waals surface area contributed by atoms with Gasteiger partial charge in [0.2, 0.25) is 0 Å². The molecule has 8 nitrogen and oxygen atoms in total. The van der Waals surface area contributed by atoms with Crippen molar-refractivity contribution in [3.63, 3.8) is 0 Å². The van der Waals surface area contributed by atoms with Crippen LogP contribution in [0, 0.1) is 11.8 Å². The highest BCUT2D eigenvalue weighted by Crippen LogP contribution is 2.37. The number of urea groups is 1. The quantitative estimate of drug-likeness (QED) is 0.597. The second-order valence-corrected chi connectivity index (χ2v) is 10.4. The first kappa shape index (κ1) is 25.1. The summed E-state index contributed by atoms with van der Waals surface area (Å²) in [5, 5.41) is 9.37. The van der Waals surface area contributed by atoms with Crippen LogP contribution in [0.4, 0.5) is 15.3 Å². The number of carbonyl (C=O) groups is 3. The van der Waals surface area contributed by atoms with E-state index in [1.54, 1.807) is 4.90 Å². The Hall–Kier alpha value is -3.55. The lowest BCUT2D eigenvalue weighted by molar-refractivity contribution is -0.143. The zero-order valence-electron chi connectivity index (χ0n) is 21.1. The Balaban J connectivity index is 1.23. The molecule has 2 aromatic carbocycles. The Labute approximate surface area is 217 Å². The number of amides is 3. The molecule has 2 aliphatic heterocycles. The highest BCUT2D eigenvalue weighted by Gasteiger charge is 2.46. The summed E-state index contributed by atoms with van der Waals surface area (Å²) < 4.78 is 5.53. The molecule has 3 fully saturated rings. The molecule has 2 heterocycles. The SMILES string of the molecule is O=C(O)C1CCC(N2CC(C3CCN(C(=O)OCc4ccccc4)CC3)N(c3ccccc3)C2=O)CC1. The number of benzene rings is 2. The van der Waals surface area contributed by atoms with Gasteiger partial charge in [0.1, 0.15) is 6.61 Å². The number of carboxylic acids is 1. The van der Waals surface area contributed by atoms with Crippen LogP contribution in [0.1, 0.15) is 44.1 Å². The van der Waals surface area contributed by atoms with Gasteiger partial charge >= 0.3 is 18.1 Å². The van der Waals surface area contributed by atoms with E-state index in [1.165, 1.54) is 0 Å². The number of aliphatic carboxylic acids is 1. The summed E-state index contributed by atoms with van der Waals surface area (Å²) in [5.74, 6) is -0.771. The van der Waals surface area contributed by atoms with E-state index in [9.17, 15) is 19.5 Å². The van der Waals surface area contributed by atoms with Crippen molar-refractivity contribution in [3.8, 4) is 0 Å². The average molecular weight is 506 g/mol. The minimum atomic E-state index is -0.732. The lowest BCUT2D eigenvalue weighted by atomic mass is 9.85. The van der Waals surface area contributed by atoms with E-state index in [4.69, 9.17) is 4.74 Å². The van der Waals surface area contributed by atoms with E-state index in [-0.39, 0.29) is 42.7 Å². The predicted octanol–water partition coefficient (Wildman–Crippen LogP) is 4.99. The maximum atomic E-state index is 13.7. The van der Waals surface area contributed by atoms with E-state index in [0.717, 1.165) is 36.9 Å². The van der Waals surface area contributed by atoms with Crippen molar-refractivity contribution in [2.45, 2.75) is 57.2 Å². The number of hydrogen-bond acceptors (Lipinski definition) is 4. The maximum Gasteiger partial charge on any atom is 0.410 e. The third-order valence-electron chi connectivity index (χ3n) is 8.24. The maximum absolute atomic E-state index is 13.7. The van der Waals surface area contributed by atoms with Gasteiger partial charge in [0.15, 0.2) is 0 Å². The van der Waals surface area contributed by atoms with Gasteiger partial charge in [0.25, 0.3) is 0 Å². The van der Waals surface area contributed by atoms with E-state index < -0.39 is 5.97 Å². The van der Waals surface area contributed by atoms with Crippen LogP contribution in [0.25, 0.3) is 0 Å². The molecule has 3 amide bonds. The van der Waals surface area contributed by atoms with Gasteiger partial charge in [-0.05, 0) is 62.1 Å². The molecule has 196 valence electrons. The Morgan fingerprint density at radius 1 is 0.865 bits per heavy atom. The van der Waals surface area contributed by atoms with E-state index >= 15 is 0 Å². The number of nitrogens with zero attached hydrogens (tertiary/aromatic N) is 3. The van der Waals surface area contributed by atoms with E-state index in [1.807, 2.05) is 70.5 Å². The average Bonchev–Trinajstić information content (AvgIpc) is 3.29. The molecule has 2 saturated heterocycles. The van der Waals surface area contributed by atoms with Crippen LogP contribution in [-0.2, 0) is 16.1 Å². The van der Waals surface area contributed by atoms with Crippen LogP contribution in [0.15, 0.2) is 60.7 Å². The Morgan fingerprint density at radius 3 is 2.11 bits per heavy atom. The van der Waals surface area contributed by atoms with Crippen molar-refractivity contribution in [2.75, 3.05) is 24.5 Å². The number of likely N-dealkylation sites (tertiary alicyclic amines) is 1. The molecule has 0 spiro atoms. The normalized spacial score (nSPS) is 24.8. The molecule has 37 heavy (non-hydrogen) atoms. The highest BCUT2D eigenvalue weighted by molar-refractivity contribution is 5.95. The molecule has 2 aromatic rings. The fourth-order valence-corrected chi connectivity index (χ4v) is 6.11. The Kier molecular flexibility index (Phi) is 7.63. The summed E-state index contributed by atoms with van der Waals surface area (Å²) in [4.78, 5) is 43.5. The summed E-state index contributed by atoms with van der Waals surface area (Å²) >= 11 is 0. The number of carbonyl (C=O) groups excluding carboxylic acids is 2. The summed E-state index contributed by atoms with van der Waals surface area (Å²) in [6.07, 6.45) is 4.00. The van der Waals surface area contributed by atoms with Gasteiger partial charge in [-0.15, -0.1) is 0 Å². The van der Waals surface area contributed by atoms with Crippen molar-refractivity contribution < 1.29 is 24.2 Å². The molecule has 1 aliphatic carbocycles. The summed E-state index contributed by atoms with van der Waals surface area (Å²) in [6.45, 7) is 2.11. The molecule has 1 saturated carbocycles. The monoisotopic (exact) mass is 505 g/mol. The molecule has 5 rings (SSSR count). The second kappa shape index (κ2) is 11.2. The largest absolute Gasteiger partial charge is 0.481 e. The van der Waals surface area contributed by atoms with E-state index in [0.29, 0.717) is 32.5 Å². The van der Waals surface area contributed by atoms with Gasteiger partial charge in [-0.25, -0.2) is 9.59 Å². The number of piperidine rings is 1. The second-order valence-electron chi connectivity index (χ2n) is 10.4. The van der Waals surface area contributed by atoms with E-state index in [2.05, 4.69) is 0 Å². The number of anilines is 1. The number of hydrogen-bond donors (Lipinski definition) is 1. The number of carboxylic acid groups (broad SMARTS) is 1. The van der Waals surface area contributed by atoms with Crippen LogP contribution in [0.2, 0.25) is 0 Å². The lowest BCUT2D eigenvalue weighted by Crippen LogP contribution is -2.46. The number of rotatable bonds is 6. The first-order chi connectivity index (χ1) is 18.0. The van der Waals surface area contributed by atoms with Gasteiger partial charge in [-0.2, -0.15) is 0 Å². The predicted molar refractivity (Wildman–Crippen MR) is 139 cm³/mol. The smallest absolute Gasteiger partial charge is 0.410 e. The molecule has 1 unspecified atom stereocenters. The molecular formula is C29H35N3O5. The standard InChI is InChI=1S/C29H35N3O5/c33-27(34)23-11-13-24(14-12-23)31-19-26(32(28(31)35)25-9-5-2-6-10-25)22-15-17-30(18-16-22)29(36)37-20-21-7-3-1-4-8-21/h1-10,22-24,26H,11-20H2,(H,33,34). The minimum Gasteiger partial charge on any atom is -0.481 e. The topological polar surface area (TPSA) is 90.4 Å². The zero-order chi connectivity index (χ0) is 25.8. The first-order valence-corrected chi connectivity index (χ1v) is 13.3. The Bertz CT molecular complexity index is 1080. The van der Waals surface area contributed by atoms with Crippen molar-refractivity contribution >= 4 is 23.8 Å². The fraction of sp³-hybridized carbons (Fsp3) is 0.483. The van der Waals surface area contributed by atoms with Crippen molar-refractivity contribution in [1.82, 2.24) is 9.80 Å². The fourth-order valence-electron chi connectivity index (χ4n) is 6.11. The van der Waals surface area contributed by atoms with Crippen molar-refractivity contribution in [1.29, 1.82) is 0 Å². The summed E-state index contributed by atoms with van der Waals surface area (Å²) in [5.41, 5.74) is 1.86. The van der Waals surface area contributed by atoms with Crippen LogP contribution < -0.4 is 4.90 Å². The van der Waals surface area contributed by atoms with Crippen molar-refractivity contribution in [2.24, 2.45) is 11.8 Å². The minimum absolute atomic E-state index is 0.0136. The third kappa shape index (κ3) is 5.58. The third-order valence-corrected chi connectivity index (χ3v) is 8.24. The molecular weight excluding hydrogens is 470 g/mol. The van der Waals surface area contributed by atoms with Crippen LogP contribution in [0.5, 0.6) is 0 Å². The molecule has 1 N–H and O–H groups in total. The zero-order valence-corrected chi connectivity index (χ0v) is 21.1. The molecule has 3 aliphatic rings. The number of para-hydroxylation sites is 1. The van der Waals surface area contributed by atoms with Gasteiger partial charge < -0.3 is 19.6 Å². The van der Waals surface area contributed by atoms with Crippen molar-refractivity contribution in [3.05, 3.63) is 66.2 Å². The molecule has 1 atom stereocenters. The first-order valence-electron chi connectivity index (χ1n) is 13.3. The summed E-state index contributed by atoms with van der Waals surface area (Å²) in [7, 11) is 0. The van der Waals surface area contributed by atoms with Gasteiger partial charge in [-0.3, -0.25) is 9.69 Å². The molecule has 0 radical (unpaired) electrons. The summed E-state index contributed by atoms with van der Waals surface area (Å²) in [6, 6.07) is 19.6. The molecule has 0 aromatic heterocycles. The van der Waals surface area contributed by atoms with Crippen LogP contribution in [0.3, 0.4) is 0 Å². The van der Waals surface area contributed by atoms with Gasteiger partial charge in [-0.1, -0.05) is 48.5 Å².